The van der Waals surface area contributed by atoms with E-state index in [1.54, 1.807) is 0 Å². The van der Waals surface area contributed by atoms with Crippen molar-refractivity contribution in [2.45, 2.75) is 40.0 Å². The molecule has 22 heavy (non-hydrogen) atoms. The minimum Gasteiger partial charge on any atom is -0.356 e. The average molecular weight is 296 g/mol. The van der Waals surface area contributed by atoms with E-state index in [2.05, 4.69) is 58.3 Å². The molecule has 116 valence electrons. The van der Waals surface area contributed by atoms with Gasteiger partial charge in [0.15, 0.2) is 0 Å². The van der Waals surface area contributed by atoms with E-state index in [-0.39, 0.29) is 0 Å². The Hall–Kier alpha value is -2.10. The lowest BCUT2D eigenvalue weighted by molar-refractivity contribution is 0.572. The first kappa shape index (κ1) is 14.8. The van der Waals surface area contributed by atoms with E-state index in [0.717, 1.165) is 36.2 Å². The molecule has 4 nitrogen and oxygen atoms in total. The first-order valence-corrected chi connectivity index (χ1v) is 8.06. The van der Waals surface area contributed by atoms with Crippen molar-refractivity contribution in [3.8, 4) is 0 Å². The van der Waals surface area contributed by atoms with Crippen molar-refractivity contribution >= 4 is 17.3 Å². The Labute approximate surface area is 132 Å². The third-order valence-electron chi connectivity index (χ3n) is 4.00. The number of nitrogens with one attached hydrogen (secondary N) is 1. The van der Waals surface area contributed by atoms with Crippen LogP contribution in [0.25, 0.3) is 0 Å². The number of aromatic nitrogens is 2. The molecule has 0 bridgehead atoms. The predicted molar refractivity (Wildman–Crippen MR) is 92.0 cm³/mol. The van der Waals surface area contributed by atoms with E-state index in [1.807, 2.05) is 6.92 Å². The Morgan fingerprint density at radius 2 is 1.55 bits per heavy atom. The van der Waals surface area contributed by atoms with Crippen molar-refractivity contribution in [2.24, 2.45) is 0 Å². The van der Waals surface area contributed by atoms with Crippen LogP contribution >= 0.6 is 0 Å². The fourth-order valence-electron chi connectivity index (χ4n) is 3.10. The molecule has 0 saturated carbocycles. The molecule has 1 aromatic heterocycles. The van der Waals surface area contributed by atoms with Crippen molar-refractivity contribution in [1.29, 1.82) is 0 Å². The van der Waals surface area contributed by atoms with E-state index in [1.165, 1.54) is 30.4 Å². The third-order valence-corrected chi connectivity index (χ3v) is 4.00. The lowest BCUT2D eigenvalue weighted by atomic mass is 10.1. The van der Waals surface area contributed by atoms with Gasteiger partial charge in [-0.3, -0.25) is 0 Å². The zero-order chi connectivity index (χ0) is 15.5. The Balaban J connectivity index is 1.85. The molecule has 0 unspecified atom stereocenters. The quantitative estimate of drug-likeness (QED) is 0.924. The lowest BCUT2D eigenvalue weighted by Crippen LogP contribution is -2.30. The monoisotopic (exact) mass is 296 g/mol. The maximum Gasteiger partial charge on any atom is 0.136 e. The summed E-state index contributed by atoms with van der Waals surface area (Å²) >= 11 is 0. The van der Waals surface area contributed by atoms with Crippen molar-refractivity contribution in [3.05, 3.63) is 41.2 Å². The van der Waals surface area contributed by atoms with Gasteiger partial charge in [0.1, 0.15) is 17.5 Å². The van der Waals surface area contributed by atoms with Crippen molar-refractivity contribution in [1.82, 2.24) is 9.97 Å². The van der Waals surface area contributed by atoms with Gasteiger partial charge in [-0.05, 0) is 63.3 Å². The Bertz CT molecular complexity index is 640. The summed E-state index contributed by atoms with van der Waals surface area (Å²) in [5.41, 5.74) is 3.59. The van der Waals surface area contributed by atoms with E-state index in [4.69, 9.17) is 0 Å². The summed E-state index contributed by atoms with van der Waals surface area (Å²) in [7, 11) is 0. The molecule has 4 heteroatoms. The maximum atomic E-state index is 4.61. The number of anilines is 3. The molecule has 0 aliphatic carbocycles. The largest absolute Gasteiger partial charge is 0.356 e. The highest BCUT2D eigenvalue weighted by molar-refractivity contribution is 5.61. The molecule has 2 heterocycles. The lowest BCUT2D eigenvalue weighted by Gasteiger charge is -2.28. The number of piperidine rings is 1. The summed E-state index contributed by atoms with van der Waals surface area (Å²) in [5.74, 6) is 2.73. The first-order chi connectivity index (χ1) is 10.6. The molecule has 2 aromatic rings. The van der Waals surface area contributed by atoms with Crippen LogP contribution in [0.2, 0.25) is 0 Å². The van der Waals surface area contributed by atoms with Gasteiger partial charge in [0, 0.05) is 24.8 Å². The topological polar surface area (TPSA) is 41.0 Å². The van der Waals surface area contributed by atoms with Crippen LogP contribution in [-0.2, 0) is 0 Å². The number of aryl methyl sites for hydroxylation is 3. The minimum absolute atomic E-state index is 0.815. The highest BCUT2D eigenvalue weighted by atomic mass is 15.2. The molecule has 3 rings (SSSR count). The molecule has 1 fully saturated rings. The van der Waals surface area contributed by atoms with Crippen LogP contribution in [0.1, 0.15) is 36.2 Å². The second-order valence-electron chi connectivity index (χ2n) is 6.21. The SMILES string of the molecule is Cc1cc(C)cc(Nc2cc(N3CCCCC3)nc(C)n2)c1. The minimum atomic E-state index is 0.815. The van der Waals surface area contributed by atoms with Gasteiger partial charge in [-0.25, -0.2) is 9.97 Å². The predicted octanol–water partition coefficient (Wildman–Crippen LogP) is 4.14. The van der Waals surface area contributed by atoms with E-state index in [0.29, 0.717) is 0 Å². The first-order valence-electron chi connectivity index (χ1n) is 8.06. The Kier molecular flexibility index (Phi) is 4.27. The van der Waals surface area contributed by atoms with Crippen LogP contribution in [0.15, 0.2) is 24.3 Å². The zero-order valence-electron chi connectivity index (χ0n) is 13.7. The van der Waals surface area contributed by atoms with Gasteiger partial charge < -0.3 is 10.2 Å². The molecule has 1 aromatic carbocycles. The summed E-state index contributed by atoms with van der Waals surface area (Å²) in [6.45, 7) is 8.38. The van der Waals surface area contributed by atoms with Crippen LogP contribution in [0.5, 0.6) is 0 Å². The molecule has 1 saturated heterocycles. The van der Waals surface area contributed by atoms with E-state index in [9.17, 15) is 0 Å². The molecule has 0 atom stereocenters. The molecule has 1 aliphatic heterocycles. The Morgan fingerprint density at radius 3 is 2.23 bits per heavy atom. The van der Waals surface area contributed by atoms with Crippen molar-refractivity contribution in [3.63, 3.8) is 0 Å². The number of hydrogen-bond donors (Lipinski definition) is 1. The van der Waals surface area contributed by atoms with Crippen LogP contribution in [-0.4, -0.2) is 23.1 Å². The molecule has 1 aliphatic rings. The molecule has 0 radical (unpaired) electrons. The average Bonchev–Trinajstić information content (AvgIpc) is 2.46. The van der Waals surface area contributed by atoms with Gasteiger partial charge in [-0.15, -0.1) is 0 Å². The van der Waals surface area contributed by atoms with Gasteiger partial charge in [0.25, 0.3) is 0 Å². The molecule has 1 N–H and O–H groups in total. The summed E-state index contributed by atoms with van der Waals surface area (Å²) in [5, 5.41) is 3.43. The second kappa shape index (κ2) is 6.34. The number of nitrogens with zero attached hydrogens (tertiary/aromatic N) is 3. The molecular formula is C18H24N4. The van der Waals surface area contributed by atoms with E-state index >= 15 is 0 Å². The van der Waals surface area contributed by atoms with Gasteiger partial charge in [0.2, 0.25) is 0 Å². The fraction of sp³-hybridized carbons (Fsp3) is 0.444. The summed E-state index contributed by atoms with van der Waals surface area (Å²) in [4.78, 5) is 11.5. The highest BCUT2D eigenvalue weighted by Crippen LogP contribution is 2.23. The number of hydrogen-bond acceptors (Lipinski definition) is 4. The zero-order valence-corrected chi connectivity index (χ0v) is 13.7. The van der Waals surface area contributed by atoms with E-state index < -0.39 is 0 Å². The number of benzene rings is 1. The smallest absolute Gasteiger partial charge is 0.136 e. The van der Waals surface area contributed by atoms with Gasteiger partial charge in [-0.2, -0.15) is 0 Å². The van der Waals surface area contributed by atoms with Crippen molar-refractivity contribution in [2.75, 3.05) is 23.3 Å². The van der Waals surface area contributed by atoms with Crippen LogP contribution in [0.4, 0.5) is 17.3 Å². The second-order valence-corrected chi connectivity index (χ2v) is 6.21. The summed E-state index contributed by atoms with van der Waals surface area (Å²) in [6, 6.07) is 8.53. The van der Waals surface area contributed by atoms with Crippen molar-refractivity contribution < 1.29 is 0 Å². The molecule has 0 amide bonds. The van der Waals surface area contributed by atoms with Gasteiger partial charge in [0.05, 0.1) is 0 Å². The number of rotatable bonds is 3. The summed E-state index contributed by atoms with van der Waals surface area (Å²) < 4.78 is 0. The van der Waals surface area contributed by atoms with Crippen LogP contribution in [0.3, 0.4) is 0 Å². The van der Waals surface area contributed by atoms with Gasteiger partial charge >= 0.3 is 0 Å². The highest BCUT2D eigenvalue weighted by Gasteiger charge is 2.14. The standard InChI is InChI=1S/C18H24N4/c1-13-9-14(2)11-16(10-13)21-17-12-18(20-15(3)19-17)22-7-5-4-6-8-22/h9-12H,4-8H2,1-3H3,(H,19,20,21). The van der Waals surface area contributed by atoms with Gasteiger partial charge in [-0.1, -0.05) is 6.07 Å². The molecule has 0 spiro atoms. The Morgan fingerprint density at radius 1 is 0.864 bits per heavy atom. The maximum absolute atomic E-state index is 4.61. The third kappa shape index (κ3) is 3.56. The fourth-order valence-corrected chi connectivity index (χ4v) is 3.10. The molecular weight excluding hydrogens is 272 g/mol. The van der Waals surface area contributed by atoms with Crippen LogP contribution < -0.4 is 10.2 Å². The normalized spacial score (nSPS) is 15.0. The summed E-state index contributed by atoms with van der Waals surface area (Å²) in [6.07, 6.45) is 3.83. The van der Waals surface area contributed by atoms with Crippen LogP contribution in [0, 0.1) is 20.8 Å².